The second-order valence-electron chi connectivity index (χ2n) is 8.24. The molecule has 3 atom stereocenters. The monoisotopic (exact) mass is 358 g/mol. The number of amides is 2. The molecule has 0 aromatic heterocycles. The minimum absolute atomic E-state index is 0.0736. The van der Waals surface area contributed by atoms with Gasteiger partial charge in [-0.15, -0.1) is 0 Å². The normalized spacial score (nSPS) is 26.5. The van der Waals surface area contributed by atoms with Gasteiger partial charge in [0.1, 0.15) is 0 Å². The molecule has 26 heavy (non-hydrogen) atoms. The van der Waals surface area contributed by atoms with Crippen molar-refractivity contribution in [2.75, 3.05) is 46.3 Å². The summed E-state index contributed by atoms with van der Waals surface area (Å²) in [7, 11) is 2.13. The number of carbonyl (C=O) groups is 1. The Balaban J connectivity index is 1.59. The van der Waals surface area contributed by atoms with Crippen LogP contribution in [0.5, 0.6) is 0 Å². The van der Waals surface area contributed by atoms with Crippen molar-refractivity contribution in [3.63, 3.8) is 0 Å². The summed E-state index contributed by atoms with van der Waals surface area (Å²) < 4.78 is 0. The number of hydrogen-bond donors (Lipinski definition) is 1. The zero-order valence-electron chi connectivity index (χ0n) is 16.5. The van der Waals surface area contributed by atoms with Gasteiger partial charge in [-0.3, -0.25) is 0 Å². The standard InChI is InChI=1S/C21H34N4O/c1-17-8-7-11-24(14-17)15-18(2)22-21(26)25-13-12-23(3)16-20(25)19-9-5-4-6-10-19/h4-6,9-10,17-18,20H,7-8,11-16H2,1-3H3,(H,22,26). The Morgan fingerprint density at radius 1 is 1.19 bits per heavy atom. The quantitative estimate of drug-likeness (QED) is 0.899. The summed E-state index contributed by atoms with van der Waals surface area (Å²) in [6.07, 6.45) is 2.60. The lowest BCUT2D eigenvalue weighted by Gasteiger charge is -2.41. The molecule has 1 aromatic carbocycles. The molecule has 3 unspecified atom stereocenters. The number of benzene rings is 1. The van der Waals surface area contributed by atoms with Crippen molar-refractivity contribution in [1.29, 1.82) is 0 Å². The first-order chi connectivity index (χ1) is 12.5. The van der Waals surface area contributed by atoms with Gasteiger partial charge < -0.3 is 20.0 Å². The number of nitrogens with zero attached hydrogens (tertiary/aromatic N) is 3. The van der Waals surface area contributed by atoms with Crippen LogP contribution in [0.1, 0.15) is 38.3 Å². The topological polar surface area (TPSA) is 38.8 Å². The molecule has 5 nitrogen and oxygen atoms in total. The van der Waals surface area contributed by atoms with Gasteiger partial charge in [-0.1, -0.05) is 37.3 Å². The molecule has 0 aliphatic carbocycles. The Hall–Kier alpha value is -1.59. The third-order valence-corrected chi connectivity index (χ3v) is 5.67. The molecular formula is C21H34N4O. The maximum atomic E-state index is 13.0. The molecule has 144 valence electrons. The number of likely N-dealkylation sites (tertiary alicyclic amines) is 1. The summed E-state index contributed by atoms with van der Waals surface area (Å²) in [5.74, 6) is 0.770. The van der Waals surface area contributed by atoms with E-state index in [0.717, 1.165) is 45.2 Å². The number of piperidine rings is 1. The summed E-state index contributed by atoms with van der Waals surface area (Å²) in [6, 6.07) is 10.8. The summed E-state index contributed by atoms with van der Waals surface area (Å²) in [6.45, 7) is 10.3. The lowest BCUT2D eigenvalue weighted by atomic mass is 10.00. The fourth-order valence-corrected chi connectivity index (χ4v) is 4.30. The number of hydrogen-bond acceptors (Lipinski definition) is 3. The average Bonchev–Trinajstić information content (AvgIpc) is 2.62. The molecule has 2 saturated heterocycles. The van der Waals surface area contributed by atoms with Crippen molar-refractivity contribution in [2.24, 2.45) is 5.92 Å². The van der Waals surface area contributed by atoms with E-state index < -0.39 is 0 Å². The summed E-state index contributed by atoms with van der Waals surface area (Å²) >= 11 is 0. The Morgan fingerprint density at radius 3 is 2.69 bits per heavy atom. The zero-order chi connectivity index (χ0) is 18.5. The van der Waals surface area contributed by atoms with E-state index in [2.05, 4.69) is 60.3 Å². The van der Waals surface area contributed by atoms with E-state index in [4.69, 9.17) is 0 Å². The van der Waals surface area contributed by atoms with Crippen LogP contribution in [0, 0.1) is 5.92 Å². The van der Waals surface area contributed by atoms with Crippen LogP contribution in [0.2, 0.25) is 0 Å². The number of likely N-dealkylation sites (N-methyl/N-ethyl adjacent to an activating group) is 1. The summed E-state index contributed by atoms with van der Waals surface area (Å²) in [5, 5.41) is 3.25. The van der Waals surface area contributed by atoms with Gasteiger partial charge in [0.2, 0.25) is 0 Å². The van der Waals surface area contributed by atoms with Crippen molar-refractivity contribution < 1.29 is 4.79 Å². The molecule has 5 heteroatoms. The van der Waals surface area contributed by atoms with E-state index >= 15 is 0 Å². The highest BCUT2D eigenvalue weighted by Crippen LogP contribution is 2.25. The van der Waals surface area contributed by atoms with Crippen LogP contribution in [0.3, 0.4) is 0 Å². The SMILES string of the molecule is CC1CCCN(CC(C)NC(=O)N2CCN(C)CC2c2ccccc2)C1. The average molecular weight is 359 g/mol. The molecule has 1 N–H and O–H groups in total. The number of carbonyl (C=O) groups excluding carboxylic acids is 1. The molecule has 0 spiro atoms. The summed E-state index contributed by atoms with van der Waals surface area (Å²) in [4.78, 5) is 19.8. The van der Waals surface area contributed by atoms with Gasteiger partial charge in [0.05, 0.1) is 6.04 Å². The highest BCUT2D eigenvalue weighted by atomic mass is 16.2. The van der Waals surface area contributed by atoms with Gasteiger partial charge in [0.15, 0.2) is 0 Å². The minimum Gasteiger partial charge on any atom is -0.334 e. The molecule has 0 radical (unpaired) electrons. The number of rotatable bonds is 4. The molecule has 2 fully saturated rings. The van der Waals surface area contributed by atoms with Crippen molar-refractivity contribution >= 4 is 6.03 Å². The van der Waals surface area contributed by atoms with Crippen LogP contribution in [0.4, 0.5) is 4.79 Å². The van der Waals surface area contributed by atoms with E-state index in [1.165, 1.54) is 18.4 Å². The maximum Gasteiger partial charge on any atom is 0.318 e. The first kappa shape index (κ1) is 19.2. The Labute approximate surface area is 158 Å². The second-order valence-corrected chi connectivity index (χ2v) is 8.24. The van der Waals surface area contributed by atoms with Crippen molar-refractivity contribution in [3.8, 4) is 0 Å². The third-order valence-electron chi connectivity index (χ3n) is 5.67. The number of urea groups is 1. The van der Waals surface area contributed by atoms with E-state index in [1.54, 1.807) is 0 Å². The molecule has 2 amide bonds. The Kier molecular flexibility index (Phi) is 6.54. The van der Waals surface area contributed by atoms with Gasteiger partial charge >= 0.3 is 6.03 Å². The first-order valence-electron chi connectivity index (χ1n) is 10.1. The van der Waals surface area contributed by atoms with Gasteiger partial charge in [-0.25, -0.2) is 4.79 Å². The fraction of sp³-hybridized carbons (Fsp3) is 0.667. The van der Waals surface area contributed by atoms with Crippen molar-refractivity contribution in [3.05, 3.63) is 35.9 Å². The number of nitrogens with one attached hydrogen (secondary N) is 1. The molecule has 1 aromatic rings. The lowest BCUT2D eigenvalue weighted by molar-refractivity contribution is 0.104. The highest BCUT2D eigenvalue weighted by molar-refractivity contribution is 5.75. The molecule has 0 bridgehead atoms. The van der Waals surface area contributed by atoms with Gasteiger partial charge in [0, 0.05) is 38.8 Å². The minimum atomic E-state index is 0.0736. The van der Waals surface area contributed by atoms with Crippen LogP contribution >= 0.6 is 0 Å². The van der Waals surface area contributed by atoms with Crippen LogP contribution in [-0.2, 0) is 0 Å². The first-order valence-corrected chi connectivity index (χ1v) is 10.1. The predicted octanol–water partition coefficient (Wildman–Crippen LogP) is 2.81. The van der Waals surface area contributed by atoms with Crippen LogP contribution in [0.25, 0.3) is 0 Å². The highest BCUT2D eigenvalue weighted by Gasteiger charge is 2.31. The van der Waals surface area contributed by atoms with E-state index in [9.17, 15) is 4.79 Å². The van der Waals surface area contributed by atoms with E-state index in [1.807, 2.05) is 11.0 Å². The van der Waals surface area contributed by atoms with Gasteiger partial charge in [0.25, 0.3) is 0 Å². The van der Waals surface area contributed by atoms with E-state index in [-0.39, 0.29) is 18.1 Å². The Bertz CT molecular complexity index is 579. The molecule has 2 aliphatic heterocycles. The van der Waals surface area contributed by atoms with Gasteiger partial charge in [-0.2, -0.15) is 0 Å². The molecule has 2 aliphatic rings. The van der Waals surface area contributed by atoms with Crippen LogP contribution < -0.4 is 5.32 Å². The largest absolute Gasteiger partial charge is 0.334 e. The third kappa shape index (κ3) is 4.98. The van der Waals surface area contributed by atoms with Crippen molar-refractivity contribution in [2.45, 2.75) is 38.8 Å². The maximum absolute atomic E-state index is 13.0. The van der Waals surface area contributed by atoms with Crippen LogP contribution in [0.15, 0.2) is 30.3 Å². The predicted molar refractivity (Wildman–Crippen MR) is 106 cm³/mol. The number of piperazine rings is 1. The summed E-state index contributed by atoms with van der Waals surface area (Å²) in [5.41, 5.74) is 1.21. The van der Waals surface area contributed by atoms with Crippen molar-refractivity contribution in [1.82, 2.24) is 20.0 Å². The Morgan fingerprint density at radius 2 is 1.96 bits per heavy atom. The zero-order valence-corrected chi connectivity index (χ0v) is 16.5. The molecule has 2 heterocycles. The van der Waals surface area contributed by atoms with Gasteiger partial charge in [-0.05, 0) is 44.8 Å². The van der Waals surface area contributed by atoms with Crippen LogP contribution in [-0.4, -0.2) is 73.1 Å². The smallest absolute Gasteiger partial charge is 0.318 e. The molecular weight excluding hydrogens is 324 g/mol. The fourth-order valence-electron chi connectivity index (χ4n) is 4.30. The lowest BCUT2D eigenvalue weighted by Crippen LogP contribution is -2.55. The van der Waals surface area contributed by atoms with E-state index in [0.29, 0.717) is 0 Å². The molecule has 0 saturated carbocycles. The second kappa shape index (κ2) is 8.87. The molecule has 3 rings (SSSR count).